The first-order valence-corrected chi connectivity index (χ1v) is 12.3. The van der Waals surface area contributed by atoms with Gasteiger partial charge in [0.1, 0.15) is 11.9 Å². The van der Waals surface area contributed by atoms with E-state index in [2.05, 4.69) is 36.5 Å². The molecule has 2 aromatic carbocycles. The predicted molar refractivity (Wildman–Crippen MR) is 140 cm³/mol. The molecular formula is C24H20BrCl2N5O3. The van der Waals surface area contributed by atoms with Crippen molar-refractivity contribution in [1.82, 2.24) is 14.5 Å². The minimum Gasteiger partial charge on any atom is -0.487 e. The molecule has 1 fully saturated rings. The third kappa shape index (κ3) is 5.08. The molecule has 2 aromatic heterocycles. The number of hydrogen-bond donors (Lipinski definition) is 2. The quantitative estimate of drug-likeness (QED) is 0.284. The second-order valence-corrected chi connectivity index (χ2v) is 9.73. The average molecular weight is 577 g/mol. The van der Waals surface area contributed by atoms with Crippen LogP contribution in [0.25, 0.3) is 11.0 Å². The van der Waals surface area contributed by atoms with E-state index in [9.17, 15) is 4.79 Å². The van der Waals surface area contributed by atoms with E-state index in [1.165, 1.54) is 12.4 Å². The maximum absolute atomic E-state index is 13.3. The van der Waals surface area contributed by atoms with Gasteiger partial charge in [-0.25, -0.2) is 4.98 Å². The van der Waals surface area contributed by atoms with Crippen LogP contribution >= 0.6 is 39.1 Å². The summed E-state index contributed by atoms with van der Waals surface area (Å²) in [5.74, 6) is 0.649. The summed E-state index contributed by atoms with van der Waals surface area (Å²) in [5, 5.41) is 6.83. The largest absolute Gasteiger partial charge is 0.487 e. The molecule has 0 aliphatic carbocycles. The van der Waals surface area contributed by atoms with Gasteiger partial charge >= 0.3 is 0 Å². The summed E-state index contributed by atoms with van der Waals surface area (Å²) >= 11 is 15.9. The van der Waals surface area contributed by atoms with Gasteiger partial charge in [0, 0.05) is 42.1 Å². The molecule has 0 radical (unpaired) electrons. The van der Waals surface area contributed by atoms with E-state index < -0.39 is 0 Å². The summed E-state index contributed by atoms with van der Waals surface area (Å²) in [7, 11) is 1.85. The topological polar surface area (TPSA) is 90.3 Å². The number of halogens is 3. The highest BCUT2D eigenvalue weighted by molar-refractivity contribution is 9.10. The van der Waals surface area contributed by atoms with Crippen molar-refractivity contribution < 1.29 is 14.3 Å². The smallest absolute Gasteiger partial charge is 0.259 e. The van der Waals surface area contributed by atoms with E-state index in [0.29, 0.717) is 57.4 Å². The highest BCUT2D eigenvalue weighted by Crippen LogP contribution is 2.34. The van der Waals surface area contributed by atoms with Crippen LogP contribution in [0.5, 0.6) is 5.75 Å². The van der Waals surface area contributed by atoms with Crippen LogP contribution in [0.4, 0.5) is 17.3 Å². The van der Waals surface area contributed by atoms with Gasteiger partial charge in [-0.3, -0.25) is 9.78 Å². The maximum Gasteiger partial charge on any atom is 0.259 e. The summed E-state index contributed by atoms with van der Waals surface area (Å²) in [6, 6.07) is 10.9. The van der Waals surface area contributed by atoms with Crippen LogP contribution in [0.3, 0.4) is 0 Å². The molecule has 1 amide bonds. The standard InChI is InChI=1S/C24H20BrCl2N5O3/c1-32-20-9-21(35-15-6-7-34-12-15)16(23(33)29-14-4-2-13(25)3-5-14)8-19(20)30-24(32)31-22-17(26)10-28-11-18(22)27/h2-5,8-11,15H,6-7,12H2,1H3,(H,29,33)(H,28,30,31). The normalized spacial score (nSPS) is 15.4. The number of rotatable bonds is 6. The number of amides is 1. The molecule has 0 bridgehead atoms. The Balaban J connectivity index is 1.54. The fourth-order valence-electron chi connectivity index (χ4n) is 3.77. The van der Waals surface area contributed by atoms with Crippen LogP contribution < -0.4 is 15.4 Å². The fraction of sp³-hybridized carbons (Fsp3) is 0.208. The third-order valence-electron chi connectivity index (χ3n) is 5.60. The maximum atomic E-state index is 13.3. The Morgan fingerprint density at radius 2 is 1.94 bits per heavy atom. The Morgan fingerprint density at radius 3 is 2.63 bits per heavy atom. The molecule has 4 aromatic rings. The number of hydrogen-bond acceptors (Lipinski definition) is 6. The first-order chi connectivity index (χ1) is 16.9. The minimum absolute atomic E-state index is 0.132. The second kappa shape index (κ2) is 10.0. The van der Waals surface area contributed by atoms with E-state index in [1.54, 1.807) is 6.07 Å². The molecule has 0 spiro atoms. The molecule has 1 aliphatic heterocycles. The van der Waals surface area contributed by atoms with Crippen molar-refractivity contribution in [3.05, 3.63) is 68.9 Å². The zero-order valence-electron chi connectivity index (χ0n) is 18.5. The van der Waals surface area contributed by atoms with E-state index in [4.69, 9.17) is 32.7 Å². The molecule has 8 nitrogen and oxygen atoms in total. The molecule has 1 saturated heterocycles. The van der Waals surface area contributed by atoms with E-state index in [0.717, 1.165) is 16.4 Å². The molecule has 35 heavy (non-hydrogen) atoms. The SMILES string of the molecule is Cn1c(Nc2c(Cl)cncc2Cl)nc2cc(C(=O)Nc3ccc(Br)cc3)c(OC3CCOC3)cc21. The molecule has 1 unspecified atom stereocenters. The number of nitrogens with one attached hydrogen (secondary N) is 2. The Morgan fingerprint density at radius 1 is 1.20 bits per heavy atom. The zero-order valence-corrected chi connectivity index (χ0v) is 21.6. The molecule has 0 saturated carbocycles. The first kappa shape index (κ1) is 23.9. The van der Waals surface area contributed by atoms with Crippen molar-refractivity contribution in [1.29, 1.82) is 0 Å². The van der Waals surface area contributed by atoms with Crippen molar-refractivity contribution in [2.24, 2.45) is 7.05 Å². The third-order valence-corrected chi connectivity index (χ3v) is 6.70. The molecule has 11 heteroatoms. The number of aromatic nitrogens is 3. The number of carbonyl (C=O) groups excluding carboxylic acids is 1. The molecule has 2 N–H and O–H groups in total. The minimum atomic E-state index is -0.302. The van der Waals surface area contributed by atoms with Gasteiger partial charge in [-0.1, -0.05) is 39.1 Å². The number of imidazole rings is 1. The number of ether oxygens (including phenoxy) is 2. The fourth-order valence-corrected chi connectivity index (χ4v) is 4.49. The molecule has 3 heterocycles. The summed E-state index contributed by atoms with van der Waals surface area (Å²) < 4.78 is 14.4. The van der Waals surface area contributed by atoms with E-state index >= 15 is 0 Å². The first-order valence-electron chi connectivity index (χ1n) is 10.8. The van der Waals surface area contributed by atoms with Gasteiger partial charge in [-0.05, 0) is 30.3 Å². The highest BCUT2D eigenvalue weighted by Gasteiger charge is 2.23. The van der Waals surface area contributed by atoms with Crippen LogP contribution in [-0.2, 0) is 11.8 Å². The summed E-state index contributed by atoms with van der Waals surface area (Å²) in [6.07, 6.45) is 3.62. The van der Waals surface area contributed by atoms with E-state index in [-0.39, 0.29) is 12.0 Å². The lowest BCUT2D eigenvalue weighted by Gasteiger charge is -2.16. The van der Waals surface area contributed by atoms with Gasteiger partial charge < -0.3 is 24.7 Å². The lowest BCUT2D eigenvalue weighted by atomic mass is 10.1. The van der Waals surface area contributed by atoms with Gasteiger partial charge in [0.15, 0.2) is 0 Å². The van der Waals surface area contributed by atoms with Gasteiger partial charge in [0.05, 0.1) is 45.5 Å². The number of benzene rings is 2. The van der Waals surface area contributed by atoms with Gasteiger partial charge in [-0.15, -0.1) is 0 Å². The van der Waals surface area contributed by atoms with Crippen molar-refractivity contribution in [2.45, 2.75) is 12.5 Å². The molecule has 1 atom stereocenters. The highest BCUT2D eigenvalue weighted by atomic mass is 79.9. The van der Waals surface area contributed by atoms with Crippen LogP contribution in [0, 0.1) is 0 Å². The monoisotopic (exact) mass is 575 g/mol. The molecule has 5 rings (SSSR count). The van der Waals surface area contributed by atoms with Crippen LogP contribution in [-0.4, -0.2) is 39.8 Å². The van der Waals surface area contributed by atoms with Crippen molar-refractivity contribution in [3.63, 3.8) is 0 Å². The van der Waals surface area contributed by atoms with Crippen LogP contribution in [0.15, 0.2) is 53.3 Å². The molecular weight excluding hydrogens is 557 g/mol. The second-order valence-electron chi connectivity index (χ2n) is 8.00. The number of aryl methyl sites for hydroxylation is 1. The molecule has 1 aliphatic rings. The predicted octanol–water partition coefficient (Wildman–Crippen LogP) is 6.20. The molecule has 180 valence electrons. The van der Waals surface area contributed by atoms with Gasteiger partial charge in [0.25, 0.3) is 5.91 Å². The van der Waals surface area contributed by atoms with Gasteiger partial charge in [-0.2, -0.15) is 0 Å². The Labute approximate surface area is 219 Å². The van der Waals surface area contributed by atoms with Crippen LogP contribution in [0.1, 0.15) is 16.8 Å². The van der Waals surface area contributed by atoms with Crippen molar-refractivity contribution in [3.8, 4) is 5.75 Å². The lowest BCUT2D eigenvalue weighted by molar-refractivity contribution is 0.101. The Kier molecular flexibility index (Phi) is 6.84. The zero-order chi connectivity index (χ0) is 24.5. The Bertz CT molecular complexity index is 1380. The van der Waals surface area contributed by atoms with Crippen molar-refractivity contribution >= 4 is 73.4 Å². The number of fused-ring (bicyclic) bond motifs is 1. The number of pyridine rings is 1. The summed E-state index contributed by atoms with van der Waals surface area (Å²) in [5.41, 5.74) is 2.90. The summed E-state index contributed by atoms with van der Waals surface area (Å²) in [6.45, 7) is 1.10. The average Bonchev–Trinajstić information content (AvgIpc) is 3.45. The number of nitrogens with zero attached hydrogens (tertiary/aromatic N) is 3. The number of carbonyl (C=O) groups is 1. The number of anilines is 3. The van der Waals surface area contributed by atoms with E-state index in [1.807, 2.05) is 41.9 Å². The van der Waals surface area contributed by atoms with Crippen molar-refractivity contribution in [2.75, 3.05) is 23.8 Å². The lowest BCUT2D eigenvalue weighted by Crippen LogP contribution is -2.19. The van der Waals surface area contributed by atoms with Crippen LogP contribution in [0.2, 0.25) is 10.0 Å². The summed E-state index contributed by atoms with van der Waals surface area (Å²) in [4.78, 5) is 21.9. The van der Waals surface area contributed by atoms with Gasteiger partial charge in [0.2, 0.25) is 5.95 Å². The Hall–Kier alpha value is -2.85.